The first kappa shape index (κ1) is 8.66. The molecule has 9 heavy (non-hydrogen) atoms. The molecule has 1 heterocycles. The summed E-state index contributed by atoms with van der Waals surface area (Å²) < 4.78 is 9.92. The molecule has 0 N–H and O–H groups in total. The molecule has 1 aliphatic heterocycles. The van der Waals surface area contributed by atoms with E-state index in [1.165, 1.54) is 0 Å². The smallest absolute Gasteiger partial charge is 0.104 e. The first-order chi connectivity index (χ1) is 4.43. The van der Waals surface area contributed by atoms with Crippen LogP contribution in [-0.4, -0.2) is 25.9 Å². The average Bonchev–Trinajstić information content (AvgIpc) is 2.71. The molecule has 54 valence electrons. The summed E-state index contributed by atoms with van der Waals surface area (Å²) in [6.45, 7) is 10.5. The fraction of sp³-hybridized carbons (Fsp3) is 0.714. The Hall–Kier alpha value is -0.340. The predicted octanol–water partition coefficient (Wildman–Crippen LogP) is 1.22. The lowest BCUT2D eigenvalue weighted by molar-refractivity contribution is 0.128. The van der Waals surface area contributed by atoms with E-state index in [1.54, 1.807) is 0 Å². The number of hydrogen-bond acceptors (Lipinski definition) is 2. The van der Waals surface area contributed by atoms with Crippen LogP contribution in [0, 0.1) is 0 Å². The van der Waals surface area contributed by atoms with Crippen LogP contribution in [0.15, 0.2) is 13.2 Å². The lowest BCUT2D eigenvalue weighted by Crippen LogP contribution is -1.99. The lowest BCUT2D eigenvalue weighted by atomic mass is 10.5. The maximum Gasteiger partial charge on any atom is 0.104 e. The normalized spacial score (nSPS) is 22.1. The minimum Gasteiger partial charge on any atom is -0.379 e. The molecule has 1 rings (SSSR count). The van der Waals surface area contributed by atoms with E-state index in [-0.39, 0.29) is 0 Å². The highest BCUT2D eigenvalue weighted by molar-refractivity contribution is 4.66. The Bertz CT molecular complexity index is 59.9. The molecule has 0 aromatic carbocycles. The minimum atomic E-state index is 0.431. The van der Waals surface area contributed by atoms with Crippen molar-refractivity contribution < 1.29 is 9.47 Å². The molecule has 1 fully saturated rings. The molecule has 0 aliphatic carbocycles. The first-order valence-corrected chi connectivity index (χ1v) is 3.13. The van der Waals surface area contributed by atoms with Crippen LogP contribution < -0.4 is 0 Å². The maximum absolute atomic E-state index is 5.03. The molecule has 1 unspecified atom stereocenters. The van der Waals surface area contributed by atoms with E-state index in [0.717, 1.165) is 19.8 Å². The van der Waals surface area contributed by atoms with E-state index in [2.05, 4.69) is 13.2 Å². The van der Waals surface area contributed by atoms with Crippen molar-refractivity contribution in [1.29, 1.82) is 0 Å². The van der Waals surface area contributed by atoms with Crippen molar-refractivity contribution in [3.05, 3.63) is 13.2 Å². The fourth-order valence-corrected chi connectivity index (χ4v) is 0.414. The van der Waals surface area contributed by atoms with Crippen molar-refractivity contribution in [3.63, 3.8) is 0 Å². The zero-order valence-electron chi connectivity index (χ0n) is 5.93. The summed E-state index contributed by atoms with van der Waals surface area (Å²) >= 11 is 0. The fourth-order valence-electron chi connectivity index (χ4n) is 0.414. The van der Waals surface area contributed by atoms with Crippen molar-refractivity contribution in [2.75, 3.05) is 19.8 Å². The maximum atomic E-state index is 5.03. The Morgan fingerprint density at radius 3 is 2.56 bits per heavy atom. The largest absolute Gasteiger partial charge is 0.379 e. The number of epoxide rings is 1. The van der Waals surface area contributed by atoms with Crippen LogP contribution in [0.1, 0.15) is 6.92 Å². The van der Waals surface area contributed by atoms with Gasteiger partial charge in [-0.3, -0.25) is 0 Å². The topological polar surface area (TPSA) is 21.8 Å². The Balaban J connectivity index is 0.000000291. The van der Waals surface area contributed by atoms with Crippen molar-refractivity contribution in [2.45, 2.75) is 13.0 Å². The number of hydrogen-bond donors (Lipinski definition) is 0. The molecule has 0 saturated carbocycles. The number of rotatable bonds is 3. The third kappa shape index (κ3) is 5.53. The van der Waals surface area contributed by atoms with Crippen LogP contribution in [0.2, 0.25) is 0 Å². The molecule has 2 heteroatoms. The Morgan fingerprint density at radius 1 is 1.67 bits per heavy atom. The van der Waals surface area contributed by atoms with Crippen molar-refractivity contribution >= 4 is 0 Å². The quantitative estimate of drug-likeness (QED) is 0.423. The summed E-state index contributed by atoms with van der Waals surface area (Å²) in [7, 11) is 0. The van der Waals surface area contributed by atoms with Gasteiger partial charge in [0.2, 0.25) is 0 Å². The molecule has 0 aromatic rings. The van der Waals surface area contributed by atoms with Crippen LogP contribution in [0.3, 0.4) is 0 Å². The summed E-state index contributed by atoms with van der Waals surface area (Å²) in [5, 5.41) is 0. The van der Waals surface area contributed by atoms with Crippen molar-refractivity contribution in [1.82, 2.24) is 0 Å². The van der Waals surface area contributed by atoms with Gasteiger partial charge in [0.05, 0.1) is 13.2 Å². The molecular formula is C7H14O2. The second kappa shape index (κ2) is 5.79. The molecule has 0 radical (unpaired) electrons. The van der Waals surface area contributed by atoms with Gasteiger partial charge in [0.25, 0.3) is 0 Å². The highest BCUT2D eigenvalue weighted by atomic mass is 16.6. The highest BCUT2D eigenvalue weighted by Crippen LogP contribution is 2.07. The van der Waals surface area contributed by atoms with E-state index in [0.29, 0.717) is 6.10 Å². The SMILES string of the molecule is C=C.CCOCC1CO1. The van der Waals surface area contributed by atoms with Crippen LogP contribution in [0.4, 0.5) is 0 Å². The molecule has 1 atom stereocenters. The van der Waals surface area contributed by atoms with Gasteiger partial charge in [-0.2, -0.15) is 0 Å². The van der Waals surface area contributed by atoms with E-state index in [9.17, 15) is 0 Å². The van der Waals surface area contributed by atoms with Gasteiger partial charge in [-0.05, 0) is 6.92 Å². The third-order valence-corrected chi connectivity index (χ3v) is 0.910. The van der Waals surface area contributed by atoms with E-state index in [1.807, 2.05) is 6.92 Å². The molecule has 1 aliphatic rings. The molecule has 0 aromatic heterocycles. The summed E-state index contributed by atoms with van der Waals surface area (Å²) in [6.07, 6.45) is 0.431. The number of ether oxygens (including phenoxy) is 2. The van der Waals surface area contributed by atoms with Gasteiger partial charge in [-0.15, -0.1) is 13.2 Å². The van der Waals surface area contributed by atoms with Crippen LogP contribution >= 0.6 is 0 Å². The highest BCUT2D eigenvalue weighted by Gasteiger charge is 2.21. The van der Waals surface area contributed by atoms with Crippen molar-refractivity contribution in [3.8, 4) is 0 Å². The average molecular weight is 130 g/mol. The summed E-state index contributed by atoms with van der Waals surface area (Å²) in [5.74, 6) is 0. The standard InChI is InChI=1S/C5H10O2.C2H4/c1-2-6-3-5-4-7-5;1-2/h5H,2-4H2,1H3;1-2H2. The second-order valence-electron chi connectivity index (χ2n) is 1.61. The lowest BCUT2D eigenvalue weighted by Gasteiger charge is -1.91. The third-order valence-electron chi connectivity index (χ3n) is 0.910. The van der Waals surface area contributed by atoms with Gasteiger partial charge >= 0.3 is 0 Å². The zero-order valence-corrected chi connectivity index (χ0v) is 5.93. The van der Waals surface area contributed by atoms with Gasteiger partial charge in [-0.25, -0.2) is 0 Å². The molecule has 0 spiro atoms. The minimum absolute atomic E-state index is 0.431. The van der Waals surface area contributed by atoms with Gasteiger partial charge in [-0.1, -0.05) is 0 Å². The van der Waals surface area contributed by atoms with E-state index in [4.69, 9.17) is 9.47 Å². The summed E-state index contributed by atoms with van der Waals surface area (Å²) in [6, 6.07) is 0. The van der Waals surface area contributed by atoms with Gasteiger partial charge in [0, 0.05) is 6.61 Å². The predicted molar refractivity (Wildman–Crippen MR) is 37.5 cm³/mol. The summed E-state index contributed by atoms with van der Waals surface area (Å²) in [5.41, 5.74) is 0. The molecule has 2 nitrogen and oxygen atoms in total. The van der Waals surface area contributed by atoms with E-state index >= 15 is 0 Å². The van der Waals surface area contributed by atoms with Gasteiger partial charge in [0.15, 0.2) is 0 Å². The molecule has 0 amide bonds. The van der Waals surface area contributed by atoms with Gasteiger partial charge in [0.1, 0.15) is 6.10 Å². The van der Waals surface area contributed by atoms with Crippen LogP contribution in [0.5, 0.6) is 0 Å². The molecule has 0 bridgehead atoms. The second-order valence-corrected chi connectivity index (χ2v) is 1.61. The van der Waals surface area contributed by atoms with E-state index < -0.39 is 0 Å². The zero-order chi connectivity index (χ0) is 7.11. The van der Waals surface area contributed by atoms with Crippen LogP contribution in [-0.2, 0) is 9.47 Å². The Morgan fingerprint density at radius 2 is 2.22 bits per heavy atom. The Kier molecular flexibility index (Phi) is 5.57. The Labute approximate surface area is 56.5 Å². The summed E-state index contributed by atoms with van der Waals surface area (Å²) in [4.78, 5) is 0. The van der Waals surface area contributed by atoms with Crippen molar-refractivity contribution in [2.24, 2.45) is 0 Å². The molecular weight excluding hydrogens is 116 g/mol. The molecule has 1 saturated heterocycles. The first-order valence-electron chi connectivity index (χ1n) is 3.13. The monoisotopic (exact) mass is 130 g/mol. The van der Waals surface area contributed by atoms with Crippen LogP contribution in [0.25, 0.3) is 0 Å². The van der Waals surface area contributed by atoms with Gasteiger partial charge < -0.3 is 9.47 Å².